The van der Waals surface area contributed by atoms with Gasteiger partial charge in [-0.1, -0.05) is 23.9 Å². The Morgan fingerprint density at radius 1 is 1.52 bits per heavy atom. The Hall–Kier alpha value is -2.06. The van der Waals surface area contributed by atoms with Crippen molar-refractivity contribution in [3.8, 4) is 0 Å². The average molecular weight is 358 g/mol. The van der Waals surface area contributed by atoms with E-state index in [-0.39, 0.29) is 24.7 Å². The molecular weight excluding hydrogens is 342 g/mol. The number of hydrogen-bond donors (Lipinski definition) is 1. The second kappa shape index (κ2) is 7.98. The number of ether oxygens (including phenoxy) is 1. The third-order valence-electron chi connectivity index (χ3n) is 3.05. The van der Waals surface area contributed by atoms with Crippen LogP contribution >= 0.6 is 24.2 Å². The molecule has 1 aromatic rings. The van der Waals surface area contributed by atoms with Gasteiger partial charge in [0.05, 0.1) is 28.1 Å². The van der Waals surface area contributed by atoms with E-state index in [0.717, 1.165) is 0 Å². The molecule has 0 radical (unpaired) electrons. The van der Waals surface area contributed by atoms with Crippen LogP contribution in [0.5, 0.6) is 0 Å². The monoisotopic (exact) mass is 357 g/mol. The van der Waals surface area contributed by atoms with E-state index in [0.29, 0.717) is 22.0 Å². The highest BCUT2D eigenvalue weighted by Crippen LogP contribution is 2.42. The Labute approximate surface area is 143 Å². The van der Waals surface area contributed by atoms with Gasteiger partial charge in [-0.2, -0.15) is 0 Å². The van der Waals surface area contributed by atoms with Crippen molar-refractivity contribution in [2.24, 2.45) is 10.7 Å². The van der Waals surface area contributed by atoms with Crippen molar-refractivity contribution in [2.75, 3.05) is 6.61 Å². The lowest BCUT2D eigenvalue weighted by Gasteiger charge is -2.23. The van der Waals surface area contributed by atoms with Crippen molar-refractivity contribution in [2.45, 2.75) is 19.1 Å². The Balaban J connectivity index is 0.00000264. The molecule has 124 valence electrons. The summed E-state index contributed by atoms with van der Waals surface area (Å²) >= 11 is 1.17. The summed E-state index contributed by atoms with van der Waals surface area (Å²) in [5, 5.41) is 10.8. The van der Waals surface area contributed by atoms with Gasteiger partial charge in [-0.05, 0) is 19.4 Å². The molecule has 0 aromatic heterocycles. The molecule has 0 saturated carbocycles. The molecule has 1 aliphatic rings. The summed E-state index contributed by atoms with van der Waals surface area (Å²) in [4.78, 5) is 26.7. The van der Waals surface area contributed by atoms with Gasteiger partial charge in [-0.15, -0.1) is 12.4 Å². The number of carbonyl (C=O) groups excluding carboxylic acids is 1. The van der Waals surface area contributed by atoms with Gasteiger partial charge in [-0.3, -0.25) is 10.1 Å². The molecule has 0 amide bonds. The van der Waals surface area contributed by atoms with Crippen LogP contribution in [0.4, 0.5) is 5.69 Å². The number of nitrogens with zero attached hydrogens (tertiary/aromatic N) is 2. The number of benzene rings is 1. The molecule has 1 unspecified atom stereocenters. The zero-order chi connectivity index (χ0) is 16.3. The standard InChI is InChI=1S/C14H15N3O4S.ClH/c1-3-21-13(18)11-8(2)16-14(15)22-12(11)9-5-4-6-10(7-9)17(19)20;/h4-7,12H,3H2,1-2H3,(H2,15,16);1H. The number of nitrogens with two attached hydrogens (primary N) is 1. The summed E-state index contributed by atoms with van der Waals surface area (Å²) in [6, 6.07) is 6.13. The van der Waals surface area contributed by atoms with Crippen LogP contribution in [0, 0.1) is 10.1 Å². The van der Waals surface area contributed by atoms with E-state index in [2.05, 4.69) is 4.99 Å². The number of halogens is 1. The molecule has 0 saturated heterocycles. The number of rotatable bonds is 4. The normalized spacial score (nSPS) is 17.1. The van der Waals surface area contributed by atoms with Crippen LogP contribution in [0.2, 0.25) is 0 Å². The molecule has 1 aromatic carbocycles. The zero-order valence-corrected chi connectivity index (χ0v) is 14.1. The zero-order valence-electron chi connectivity index (χ0n) is 12.5. The second-order valence-corrected chi connectivity index (χ2v) is 5.64. The highest BCUT2D eigenvalue weighted by molar-refractivity contribution is 8.14. The third-order valence-corrected chi connectivity index (χ3v) is 4.12. The number of esters is 1. The molecule has 1 atom stereocenters. The van der Waals surface area contributed by atoms with Gasteiger partial charge in [0.2, 0.25) is 0 Å². The summed E-state index contributed by atoms with van der Waals surface area (Å²) in [6.07, 6.45) is 0. The molecule has 0 spiro atoms. The van der Waals surface area contributed by atoms with E-state index in [9.17, 15) is 14.9 Å². The minimum Gasteiger partial charge on any atom is -0.463 e. The minimum absolute atomic E-state index is 0. The third kappa shape index (κ3) is 4.23. The highest BCUT2D eigenvalue weighted by Gasteiger charge is 2.31. The molecule has 1 aliphatic heterocycles. The van der Waals surface area contributed by atoms with Crippen LogP contribution in [-0.2, 0) is 9.53 Å². The highest BCUT2D eigenvalue weighted by atomic mass is 35.5. The van der Waals surface area contributed by atoms with Gasteiger partial charge in [0.15, 0.2) is 5.17 Å². The number of nitro groups is 1. The Morgan fingerprint density at radius 2 is 2.22 bits per heavy atom. The average Bonchev–Trinajstić information content (AvgIpc) is 2.46. The SMILES string of the molecule is CCOC(=O)C1=C(C)N=C(N)SC1c1cccc([N+](=O)[O-])c1.Cl. The Kier molecular flexibility index (Phi) is 6.59. The van der Waals surface area contributed by atoms with E-state index >= 15 is 0 Å². The lowest BCUT2D eigenvalue weighted by atomic mass is 10.0. The quantitative estimate of drug-likeness (QED) is 0.504. The van der Waals surface area contributed by atoms with Crippen LogP contribution in [0.3, 0.4) is 0 Å². The van der Waals surface area contributed by atoms with Gasteiger partial charge in [-0.25, -0.2) is 9.79 Å². The molecule has 23 heavy (non-hydrogen) atoms. The topological polar surface area (TPSA) is 108 Å². The molecule has 2 N–H and O–H groups in total. The fourth-order valence-corrected chi connectivity index (χ4v) is 3.22. The molecule has 1 heterocycles. The lowest BCUT2D eigenvalue weighted by molar-refractivity contribution is -0.384. The maximum absolute atomic E-state index is 12.2. The van der Waals surface area contributed by atoms with Crippen LogP contribution in [-0.4, -0.2) is 22.7 Å². The summed E-state index contributed by atoms with van der Waals surface area (Å²) in [5.41, 5.74) is 7.18. The number of thioether (sulfide) groups is 1. The smallest absolute Gasteiger partial charge is 0.337 e. The molecule has 0 bridgehead atoms. The molecular formula is C14H16ClN3O4S. The van der Waals surface area contributed by atoms with Crippen molar-refractivity contribution in [3.63, 3.8) is 0 Å². The molecule has 0 fully saturated rings. The number of non-ortho nitro benzene ring substituents is 1. The van der Waals surface area contributed by atoms with E-state index < -0.39 is 16.1 Å². The molecule has 0 aliphatic carbocycles. The van der Waals surface area contributed by atoms with Crippen molar-refractivity contribution in [1.82, 2.24) is 0 Å². The minimum atomic E-state index is -0.486. The fourth-order valence-electron chi connectivity index (χ4n) is 2.12. The van der Waals surface area contributed by atoms with E-state index in [1.165, 1.54) is 23.9 Å². The lowest BCUT2D eigenvalue weighted by Crippen LogP contribution is -2.22. The second-order valence-electron chi connectivity index (χ2n) is 4.52. The number of carbonyl (C=O) groups is 1. The number of amidine groups is 1. The summed E-state index contributed by atoms with van der Waals surface area (Å²) < 4.78 is 5.06. The van der Waals surface area contributed by atoms with Gasteiger partial charge >= 0.3 is 5.97 Å². The summed E-state index contributed by atoms with van der Waals surface area (Å²) in [7, 11) is 0. The van der Waals surface area contributed by atoms with Gasteiger partial charge in [0, 0.05) is 12.1 Å². The van der Waals surface area contributed by atoms with Crippen LogP contribution < -0.4 is 5.73 Å². The van der Waals surface area contributed by atoms with Gasteiger partial charge < -0.3 is 10.5 Å². The Bertz CT molecular complexity index is 690. The van der Waals surface area contributed by atoms with Crippen LogP contribution in [0.25, 0.3) is 0 Å². The van der Waals surface area contributed by atoms with Crippen molar-refractivity contribution in [1.29, 1.82) is 0 Å². The predicted octanol–water partition coefficient (Wildman–Crippen LogP) is 2.96. The first kappa shape index (κ1) is 19.0. The maximum atomic E-state index is 12.2. The first-order valence-corrected chi connectivity index (χ1v) is 7.45. The summed E-state index contributed by atoms with van der Waals surface area (Å²) in [5.74, 6) is -0.486. The van der Waals surface area contributed by atoms with E-state index in [4.69, 9.17) is 10.5 Å². The summed E-state index contributed by atoms with van der Waals surface area (Å²) in [6.45, 7) is 3.62. The van der Waals surface area contributed by atoms with Crippen molar-refractivity contribution >= 4 is 41.0 Å². The fraction of sp³-hybridized carbons (Fsp3) is 0.286. The largest absolute Gasteiger partial charge is 0.463 e. The van der Waals surface area contributed by atoms with E-state index in [1.807, 2.05) is 0 Å². The van der Waals surface area contributed by atoms with Crippen LogP contribution in [0.15, 0.2) is 40.5 Å². The first-order chi connectivity index (χ1) is 10.4. The first-order valence-electron chi connectivity index (χ1n) is 6.57. The number of nitro benzene ring substituents is 1. The predicted molar refractivity (Wildman–Crippen MR) is 91.6 cm³/mol. The molecule has 2 rings (SSSR count). The number of aliphatic imine (C=N–C) groups is 1. The van der Waals surface area contributed by atoms with Crippen molar-refractivity contribution < 1.29 is 14.5 Å². The van der Waals surface area contributed by atoms with Gasteiger partial charge in [0.1, 0.15) is 0 Å². The number of allylic oxidation sites excluding steroid dienone is 1. The van der Waals surface area contributed by atoms with Gasteiger partial charge in [0.25, 0.3) is 5.69 Å². The Morgan fingerprint density at radius 3 is 2.83 bits per heavy atom. The number of hydrogen-bond acceptors (Lipinski definition) is 7. The van der Waals surface area contributed by atoms with Crippen LogP contribution in [0.1, 0.15) is 24.7 Å². The maximum Gasteiger partial charge on any atom is 0.337 e. The van der Waals surface area contributed by atoms with E-state index in [1.54, 1.807) is 26.0 Å². The molecule has 7 nitrogen and oxygen atoms in total. The molecule has 9 heteroatoms. The van der Waals surface area contributed by atoms with Crippen molar-refractivity contribution in [3.05, 3.63) is 51.2 Å².